The number of rotatable bonds is 8. The Morgan fingerprint density at radius 3 is 2.88 bits per heavy atom. The van der Waals surface area contributed by atoms with Crippen LogP contribution < -0.4 is 10.2 Å². The number of hydrogen-bond donors (Lipinski definition) is 2. The molecule has 1 rings (SSSR count). The highest BCUT2D eigenvalue weighted by Crippen LogP contribution is 2.12. The monoisotopic (exact) mass is 238 g/mol. The summed E-state index contributed by atoms with van der Waals surface area (Å²) < 4.78 is 0. The van der Waals surface area contributed by atoms with E-state index in [4.69, 9.17) is 5.11 Å². The van der Waals surface area contributed by atoms with Gasteiger partial charge in [-0.25, -0.2) is 9.97 Å². The molecule has 0 radical (unpaired) electrons. The summed E-state index contributed by atoms with van der Waals surface area (Å²) in [5.41, 5.74) is 0. The highest BCUT2D eigenvalue weighted by atomic mass is 16.3. The zero-order chi connectivity index (χ0) is 12.5. The first-order chi connectivity index (χ1) is 8.27. The van der Waals surface area contributed by atoms with Crippen LogP contribution in [-0.4, -0.2) is 41.8 Å². The zero-order valence-corrected chi connectivity index (χ0v) is 10.7. The number of hydrogen-bond acceptors (Lipinski definition) is 5. The molecule has 0 amide bonds. The summed E-state index contributed by atoms with van der Waals surface area (Å²) in [6.07, 6.45) is 4.62. The van der Waals surface area contributed by atoms with Gasteiger partial charge in [0, 0.05) is 32.8 Å². The molecule has 0 unspecified atom stereocenters. The third kappa shape index (κ3) is 4.99. The Hall–Kier alpha value is -1.36. The van der Waals surface area contributed by atoms with Gasteiger partial charge in [0.05, 0.1) is 0 Å². The van der Waals surface area contributed by atoms with E-state index in [2.05, 4.69) is 22.2 Å². The summed E-state index contributed by atoms with van der Waals surface area (Å²) in [5, 5.41) is 12.1. The Labute approximate surface area is 103 Å². The summed E-state index contributed by atoms with van der Waals surface area (Å²) in [6, 6.07) is 1.94. The number of nitrogens with zero attached hydrogens (tertiary/aromatic N) is 3. The van der Waals surface area contributed by atoms with Gasteiger partial charge in [0.1, 0.15) is 18.0 Å². The molecule has 1 aromatic heterocycles. The molecule has 0 saturated carbocycles. The third-order valence-electron chi connectivity index (χ3n) is 2.53. The Balaban J connectivity index is 2.52. The molecule has 0 aromatic carbocycles. The van der Waals surface area contributed by atoms with E-state index in [1.807, 2.05) is 18.0 Å². The number of aliphatic hydroxyl groups excluding tert-OH is 1. The van der Waals surface area contributed by atoms with E-state index in [1.54, 1.807) is 6.33 Å². The van der Waals surface area contributed by atoms with Crippen molar-refractivity contribution < 1.29 is 5.11 Å². The van der Waals surface area contributed by atoms with Gasteiger partial charge in [-0.15, -0.1) is 0 Å². The van der Waals surface area contributed by atoms with E-state index in [-0.39, 0.29) is 6.61 Å². The summed E-state index contributed by atoms with van der Waals surface area (Å²) in [4.78, 5) is 10.4. The maximum absolute atomic E-state index is 8.79. The van der Waals surface area contributed by atoms with Gasteiger partial charge in [0.25, 0.3) is 0 Å². The van der Waals surface area contributed by atoms with Crippen LogP contribution in [0.4, 0.5) is 11.6 Å². The van der Waals surface area contributed by atoms with E-state index in [0.29, 0.717) is 0 Å². The Kier molecular flexibility index (Phi) is 6.32. The molecule has 0 aliphatic rings. The van der Waals surface area contributed by atoms with Crippen LogP contribution in [0.3, 0.4) is 0 Å². The fourth-order valence-electron chi connectivity index (χ4n) is 1.47. The molecule has 1 heterocycles. The molecule has 0 fully saturated rings. The summed E-state index contributed by atoms with van der Waals surface area (Å²) in [6.45, 7) is 4.10. The molecule has 0 aliphatic carbocycles. The maximum Gasteiger partial charge on any atom is 0.133 e. The van der Waals surface area contributed by atoms with E-state index in [1.165, 1.54) is 6.42 Å². The summed E-state index contributed by atoms with van der Waals surface area (Å²) >= 11 is 0. The Morgan fingerprint density at radius 2 is 2.18 bits per heavy atom. The van der Waals surface area contributed by atoms with Crippen molar-refractivity contribution in [3.8, 4) is 0 Å². The second-order valence-corrected chi connectivity index (χ2v) is 4.04. The minimum atomic E-state index is 0.205. The quantitative estimate of drug-likeness (QED) is 0.672. The van der Waals surface area contributed by atoms with Crippen LogP contribution in [0.5, 0.6) is 0 Å². The van der Waals surface area contributed by atoms with E-state index in [9.17, 15) is 0 Å². The first-order valence-corrected chi connectivity index (χ1v) is 6.15. The van der Waals surface area contributed by atoms with Gasteiger partial charge in [-0.2, -0.15) is 0 Å². The van der Waals surface area contributed by atoms with E-state index in [0.717, 1.165) is 37.6 Å². The standard InChI is InChI=1S/C12H22N4O/c1-3-4-6-13-11-9-12(15-10-14-11)16(2)7-5-8-17/h9-10,17H,3-8H2,1-2H3,(H,13,14,15). The third-order valence-corrected chi connectivity index (χ3v) is 2.53. The first-order valence-electron chi connectivity index (χ1n) is 6.15. The van der Waals surface area contributed by atoms with Crippen LogP contribution in [0, 0.1) is 0 Å². The molecule has 5 heteroatoms. The molecule has 0 atom stereocenters. The molecular weight excluding hydrogens is 216 g/mol. The first kappa shape index (κ1) is 13.7. The number of aliphatic hydroxyl groups is 1. The predicted octanol–water partition coefficient (Wildman–Crippen LogP) is 1.51. The Bertz CT molecular complexity index is 319. The number of anilines is 2. The lowest BCUT2D eigenvalue weighted by Gasteiger charge is -2.17. The van der Waals surface area contributed by atoms with Gasteiger partial charge in [0.15, 0.2) is 0 Å². The Morgan fingerprint density at radius 1 is 1.35 bits per heavy atom. The van der Waals surface area contributed by atoms with Crippen LogP contribution in [0.25, 0.3) is 0 Å². The van der Waals surface area contributed by atoms with Crippen LogP contribution in [0.1, 0.15) is 26.2 Å². The molecule has 0 bridgehead atoms. The highest BCUT2D eigenvalue weighted by Gasteiger charge is 2.03. The average Bonchev–Trinajstić information content (AvgIpc) is 2.36. The highest BCUT2D eigenvalue weighted by molar-refractivity contribution is 5.47. The van der Waals surface area contributed by atoms with Crippen molar-refractivity contribution in [2.24, 2.45) is 0 Å². The number of aromatic nitrogens is 2. The smallest absolute Gasteiger partial charge is 0.133 e. The van der Waals surface area contributed by atoms with Crippen LogP contribution in [0.2, 0.25) is 0 Å². The molecule has 5 nitrogen and oxygen atoms in total. The lowest BCUT2D eigenvalue weighted by atomic mass is 10.3. The second-order valence-electron chi connectivity index (χ2n) is 4.04. The van der Waals surface area contributed by atoms with Crippen molar-refractivity contribution in [2.45, 2.75) is 26.2 Å². The molecule has 17 heavy (non-hydrogen) atoms. The fourth-order valence-corrected chi connectivity index (χ4v) is 1.47. The van der Waals surface area contributed by atoms with Crippen LogP contribution in [-0.2, 0) is 0 Å². The van der Waals surface area contributed by atoms with E-state index < -0.39 is 0 Å². The molecule has 2 N–H and O–H groups in total. The van der Waals surface area contributed by atoms with Crippen molar-refractivity contribution >= 4 is 11.6 Å². The van der Waals surface area contributed by atoms with Gasteiger partial charge in [0.2, 0.25) is 0 Å². The van der Waals surface area contributed by atoms with Gasteiger partial charge < -0.3 is 15.3 Å². The van der Waals surface area contributed by atoms with Crippen LogP contribution in [0.15, 0.2) is 12.4 Å². The molecule has 0 spiro atoms. The topological polar surface area (TPSA) is 61.3 Å². The van der Waals surface area contributed by atoms with Crippen molar-refractivity contribution in [1.29, 1.82) is 0 Å². The minimum Gasteiger partial charge on any atom is -0.396 e. The van der Waals surface area contributed by atoms with Crippen LogP contribution >= 0.6 is 0 Å². The second kappa shape index (κ2) is 7.84. The molecular formula is C12H22N4O. The summed E-state index contributed by atoms with van der Waals surface area (Å²) in [5.74, 6) is 1.74. The van der Waals surface area contributed by atoms with Crippen molar-refractivity contribution in [3.05, 3.63) is 12.4 Å². The van der Waals surface area contributed by atoms with Gasteiger partial charge in [-0.05, 0) is 12.8 Å². The van der Waals surface area contributed by atoms with Crippen molar-refractivity contribution in [3.63, 3.8) is 0 Å². The van der Waals surface area contributed by atoms with Gasteiger partial charge in [-0.1, -0.05) is 13.3 Å². The van der Waals surface area contributed by atoms with Gasteiger partial charge in [-0.3, -0.25) is 0 Å². The van der Waals surface area contributed by atoms with Crippen molar-refractivity contribution in [1.82, 2.24) is 9.97 Å². The SMILES string of the molecule is CCCCNc1cc(N(C)CCCO)ncn1. The van der Waals surface area contributed by atoms with E-state index >= 15 is 0 Å². The largest absolute Gasteiger partial charge is 0.396 e. The zero-order valence-electron chi connectivity index (χ0n) is 10.7. The lowest BCUT2D eigenvalue weighted by Crippen LogP contribution is -2.20. The average molecular weight is 238 g/mol. The lowest BCUT2D eigenvalue weighted by molar-refractivity contribution is 0.290. The minimum absolute atomic E-state index is 0.205. The molecule has 1 aromatic rings. The normalized spacial score (nSPS) is 10.3. The summed E-state index contributed by atoms with van der Waals surface area (Å²) in [7, 11) is 1.97. The fraction of sp³-hybridized carbons (Fsp3) is 0.667. The van der Waals surface area contributed by atoms with Gasteiger partial charge >= 0.3 is 0 Å². The molecule has 96 valence electrons. The maximum atomic E-state index is 8.79. The predicted molar refractivity (Wildman–Crippen MR) is 70.4 cm³/mol. The molecule has 0 saturated heterocycles. The number of nitrogens with one attached hydrogen (secondary N) is 1. The van der Waals surface area contributed by atoms with Crippen molar-refractivity contribution in [2.75, 3.05) is 37.0 Å². The number of unbranched alkanes of at least 4 members (excludes halogenated alkanes) is 1. The molecule has 0 aliphatic heterocycles.